The number of carbonyl (C=O) groups excluding carboxylic acids is 1. The lowest BCUT2D eigenvalue weighted by molar-refractivity contribution is -0.118. The number of nitrogens with zero attached hydrogens (tertiary/aromatic N) is 1. The highest BCUT2D eigenvalue weighted by molar-refractivity contribution is 7.09. The van der Waals surface area contributed by atoms with Gasteiger partial charge in [0.05, 0.1) is 12.7 Å². The predicted octanol–water partition coefficient (Wildman–Crippen LogP) is 3.47. The van der Waals surface area contributed by atoms with Crippen LogP contribution in [0.1, 0.15) is 11.8 Å². The monoisotopic (exact) mass is 300 g/mol. The first-order valence-electron chi connectivity index (χ1n) is 6.68. The number of hydrogen-bond acceptors (Lipinski definition) is 4. The maximum atomic E-state index is 12.2. The minimum Gasteiger partial charge on any atom is -0.494 e. The molecule has 1 unspecified atom stereocenters. The molecule has 1 aromatic heterocycles. The van der Waals surface area contributed by atoms with E-state index in [1.807, 2.05) is 30.5 Å². The number of nitrogens with one attached hydrogen (secondary N) is 1. The van der Waals surface area contributed by atoms with Crippen LogP contribution in [0, 0.1) is 17.2 Å². The number of amides is 1. The van der Waals surface area contributed by atoms with Crippen LogP contribution in [0.15, 0.2) is 41.8 Å². The Labute approximate surface area is 128 Å². The number of nitriles is 1. The summed E-state index contributed by atoms with van der Waals surface area (Å²) in [6.45, 7) is 2.47. The average Bonchev–Trinajstić information content (AvgIpc) is 2.98. The van der Waals surface area contributed by atoms with Gasteiger partial charge in [-0.3, -0.25) is 4.79 Å². The lowest BCUT2D eigenvalue weighted by Gasteiger charge is -2.10. The van der Waals surface area contributed by atoms with Gasteiger partial charge in [0.25, 0.3) is 0 Å². The van der Waals surface area contributed by atoms with Gasteiger partial charge in [0.2, 0.25) is 5.91 Å². The van der Waals surface area contributed by atoms with Crippen molar-refractivity contribution in [1.82, 2.24) is 0 Å². The fourth-order valence-electron chi connectivity index (χ4n) is 1.89. The molecule has 0 fully saturated rings. The van der Waals surface area contributed by atoms with Crippen LogP contribution in [-0.4, -0.2) is 12.5 Å². The summed E-state index contributed by atoms with van der Waals surface area (Å²) in [4.78, 5) is 13.2. The molecule has 0 bridgehead atoms. The summed E-state index contributed by atoms with van der Waals surface area (Å²) in [5.74, 6) is -0.291. The van der Waals surface area contributed by atoms with Crippen molar-refractivity contribution in [2.45, 2.75) is 13.3 Å². The van der Waals surface area contributed by atoms with E-state index in [1.165, 1.54) is 0 Å². The Kier molecular flexibility index (Phi) is 5.35. The third kappa shape index (κ3) is 4.33. The molecule has 2 aromatic rings. The van der Waals surface area contributed by atoms with Gasteiger partial charge >= 0.3 is 0 Å². The zero-order chi connectivity index (χ0) is 15.1. The third-order valence-electron chi connectivity index (χ3n) is 2.87. The van der Waals surface area contributed by atoms with Crippen LogP contribution >= 0.6 is 11.3 Å². The summed E-state index contributed by atoms with van der Waals surface area (Å²) in [6.07, 6.45) is 0.436. The van der Waals surface area contributed by atoms with Gasteiger partial charge in [-0.25, -0.2) is 0 Å². The number of hydrogen-bond donors (Lipinski definition) is 1. The fourth-order valence-corrected chi connectivity index (χ4v) is 2.64. The Morgan fingerprint density at radius 2 is 2.29 bits per heavy atom. The van der Waals surface area contributed by atoms with Crippen molar-refractivity contribution in [1.29, 1.82) is 5.26 Å². The standard InChI is InChI=1S/C16H16N2O2S/c1-2-20-14-6-3-5-13(10-14)18-16(19)12(11-17)9-15-7-4-8-21-15/h3-8,10,12H,2,9H2,1H3,(H,18,19). The molecule has 21 heavy (non-hydrogen) atoms. The number of rotatable bonds is 6. The van der Waals surface area contributed by atoms with Gasteiger partial charge in [0.15, 0.2) is 0 Å². The molecule has 0 aliphatic rings. The van der Waals surface area contributed by atoms with E-state index in [2.05, 4.69) is 11.4 Å². The Hall–Kier alpha value is -2.32. The van der Waals surface area contributed by atoms with Crippen LogP contribution in [0.4, 0.5) is 5.69 Å². The number of carbonyl (C=O) groups is 1. The summed E-state index contributed by atoms with van der Waals surface area (Å²) < 4.78 is 5.39. The minimum atomic E-state index is -0.695. The molecule has 2 rings (SSSR count). The first kappa shape index (κ1) is 15.1. The maximum Gasteiger partial charge on any atom is 0.242 e. The SMILES string of the molecule is CCOc1cccc(NC(=O)C(C#N)Cc2cccs2)c1. The molecule has 0 saturated heterocycles. The predicted molar refractivity (Wildman–Crippen MR) is 83.4 cm³/mol. The van der Waals surface area contributed by atoms with Crippen molar-refractivity contribution in [3.8, 4) is 11.8 Å². The van der Waals surface area contributed by atoms with Crippen molar-refractivity contribution in [3.05, 3.63) is 46.7 Å². The smallest absolute Gasteiger partial charge is 0.242 e. The lowest BCUT2D eigenvalue weighted by Crippen LogP contribution is -2.23. The van der Waals surface area contributed by atoms with E-state index < -0.39 is 5.92 Å². The number of ether oxygens (including phenoxy) is 1. The molecular weight excluding hydrogens is 284 g/mol. The molecular formula is C16H16N2O2S. The molecule has 0 aliphatic heterocycles. The van der Waals surface area contributed by atoms with Crippen molar-refractivity contribution >= 4 is 22.9 Å². The van der Waals surface area contributed by atoms with Crippen LogP contribution < -0.4 is 10.1 Å². The van der Waals surface area contributed by atoms with Crippen LogP contribution in [-0.2, 0) is 11.2 Å². The molecule has 0 radical (unpaired) electrons. The Morgan fingerprint density at radius 1 is 1.43 bits per heavy atom. The van der Waals surface area contributed by atoms with Crippen molar-refractivity contribution in [3.63, 3.8) is 0 Å². The molecule has 1 amide bonds. The second kappa shape index (κ2) is 7.46. The molecule has 5 heteroatoms. The highest BCUT2D eigenvalue weighted by atomic mass is 32.1. The molecule has 1 N–H and O–H groups in total. The zero-order valence-corrected chi connectivity index (χ0v) is 12.5. The third-order valence-corrected chi connectivity index (χ3v) is 3.77. The van der Waals surface area contributed by atoms with Gasteiger partial charge in [0.1, 0.15) is 11.7 Å². The molecule has 4 nitrogen and oxygen atoms in total. The van der Waals surface area contributed by atoms with Gasteiger partial charge < -0.3 is 10.1 Å². The first-order valence-corrected chi connectivity index (χ1v) is 7.56. The maximum absolute atomic E-state index is 12.2. The van der Waals surface area contributed by atoms with Crippen LogP contribution in [0.3, 0.4) is 0 Å². The van der Waals surface area contributed by atoms with E-state index in [1.54, 1.807) is 29.5 Å². The fraction of sp³-hybridized carbons (Fsp3) is 0.250. The van der Waals surface area contributed by atoms with Gasteiger partial charge in [0, 0.05) is 23.1 Å². The van der Waals surface area contributed by atoms with E-state index in [-0.39, 0.29) is 5.91 Å². The molecule has 1 atom stereocenters. The van der Waals surface area contributed by atoms with Crippen molar-refractivity contribution in [2.75, 3.05) is 11.9 Å². The summed E-state index contributed by atoms with van der Waals surface area (Å²) in [6, 6.07) is 13.1. The summed E-state index contributed by atoms with van der Waals surface area (Å²) in [7, 11) is 0. The van der Waals surface area contributed by atoms with Crippen LogP contribution in [0.5, 0.6) is 5.75 Å². The molecule has 108 valence electrons. The van der Waals surface area contributed by atoms with Gasteiger partial charge in [-0.05, 0) is 30.5 Å². The Bertz CT molecular complexity index is 632. The largest absolute Gasteiger partial charge is 0.494 e. The van der Waals surface area contributed by atoms with Gasteiger partial charge in [-0.15, -0.1) is 11.3 Å². The van der Waals surface area contributed by atoms with Gasteiger partial charge in [-0.2, -0.15) is 5.26 Å². The summed E-state index contributed by atoms with van der Waals surface area (Å²) >= 11 is 1.55. The van der Waals surface area contributed by atoms with E-state index in [0.717, 1.165) is 4.88 Å². The second-order valence-corrected chi connectivity index (χ2v) is 5.45. The second-order valence-electron chi connectivity index (χ2n) is 4.42. The quantitative estimate of drug-likeness (QED) is 0.888. The normalized spacial score (nSPS) is 11.4. The molecule has 0 spiro atoms. The highest BCUT2D eigenvalue weighted by Gasteiger charge is 2.19. The number of anilines is 1. The number of thiophene rings is 1. The van der Waals surface area contributed by atoms with E-state index in [0.29, 0.717) is 24.5 Å². The first-order chi connectivity index (χ1) is 10.2. The van der Waals surface area contributed by atoms with E-state index in [9.17, 15) is 10.1 Å². The Morgan fingerprint density at radius 3 is 2.95 bits per heavy atom. The van der Waals surface area contributed by atoms with Gasteiger partial charge in [-0.1, -0.05) is 12.1 Å². The van der Waals surface area contributed by atoms with E-state index >= 15 is 0 Å². The Balaban J connectivity index is 2.02. The zero-order valence-electron chi connectivity index (χ0n) is 11.7. The number of benzene rings is 1. The average molecular weight is 300 g/mol. The molecule has 0 saturated carbocycles. The molecule has 1 heterocycles. The topological polar surface area (TPSA) is 62.1 Å². The molecule has 1 aromatic carbocycles. The molecule has 0 aliphatic carbocycles. The van der Waals surface area contributed by atoms with Crippen molar-refractivity contribution < 1.29 is 9.53 Å². The minimum absolute atomic E-state index is 0.292. The lowest BCUT2D eigenvalue weighted by atomic mass is 10.1. The van der Waals surface area contributed by atoms with Crippen LogP contribution in [0.25, 0.3) is 0 Å². The summed E-state index contributed by atoms with van der Waals surface area (Å²) in [5.41, 5.74) is 0.636. The van der Waals surface area contributed by atoms with E-state index in [4.69, 9.17) is 4.74 Å². The summed E-state index contributed by atoms with van der Waals surface area (Å²) in [5, 5.41) is 13.9. The van der Waals surface area contributed by atoms with Crippen molar-refractivity contribution in [2.24, 2.45) is 5.92 Å². The van der Waals surface area contributed by atoms with Crippen LogP contribution in [0.2, 0.25) is 0 Å². The highest BCUT2D eigenvalue weighted by Crippen LogP contribution is 2.19.